The van der Waals surface area contributed by atoms with Crippen LogP contribution in [0.15, 0.2) is 24.4 Å². The monoisotopic (exact) mass is 344 g/mol. The van der Waals surface area contributed by atoms with Crippen LogP contribution in [0.3, 0.4) is 0 Å². The molecule has 9 nitrogen and oxygen atoms in total. The molecule has 0 spiro atoms. The number of aryl methyl sites for hydroxylation is 1. The fourth-order valence-electron chi connectivity index (χ4n) is 2.42. The molecule has 0 saturated carbocycles. The highest BCUT2D eigenvalue weighted by atomic mass is 16.5. The second kappa shape index (κ2) is 7.22. The SMILES string of the molecule is COc1ccc(OC)c(Nc2nc(NCCO)c3cnn(C)c3n2)c1. The third-order valence-electron chi connectivity index (χ3n) is 3.65. The summed E-state index contributed by atoms with van der Waals surface area (Å²) in [6.07, 6.45) is 1.69. The number of hydrogen-bond acceptors (Lipinski definition) is 8. The van der Waals surface area contributed by atoms with Crippen molar-refractivity contribution in [1.29, 1.82) is 0 Å². The highest BCUT2D eigenvalue weighted by Gasteiger charge is 2.13. The number of aliphatic hydroxyl groups is 1. The van der Waals surface area contributed by atoms with Crippen molar-refractivity contribution in [2.24, 2.45) is 7.05 Å². The zero-order valence-electron chi connectivity index (χ0n) is 14.3. The Morgan fingerprint density at radius 2 is 2.04 bits per heavy atom. The van der Waals surface area contributed by atoms with Gasteiger partial charge in [-0.2, -0.15) is 15.1 Å². The zero-order valence-corrected chi connectivity index (χ0v) is 14.3. The Bertz CT molecular complexity index is 880. The van der Waals surface area contributed by atoms with Gasteiger partial charge in [0.2, 0.25) is 5.95 Å². The lowest BCUT2D eigenvalue weighted by atomic mass is 10.2. The van der Waals surface area contributed by atoms with Gasteiger partial charge in [-0.15, -0.1) is 0 Å². The predicted molar refractivity (Wildman–Crippen MR) is 94.7 cm³/mol. The first-order chi connectivity index (χ1) is 12.2. The molecule has 3 N–H and O–H groups in total. The van der Waals surface area contributed by atoms with E-state index in [1.165, 1.54) is 0 Å². The number of rotatable bonds is 7. The first-order valence-electron chi connectivity index (χ1n) is 7.69. The summed E-state index contributed by atoms with van der Waals surface area (Å²) in [5.41, 5.74) is 1.34. The van der Waals surface area contributed by atoms with Crippen LogP contribution >= 0.6 is 0 Å². The van der Waals surface area contributed by atoms with Crippen molar-refractivity contribution in [3.05, 3.63) is 24.4 Å². The molecule has 1 aromatic carbocycles. The van der Waals surface area contributed by atoms with Gasteiger partial charge in [-0.05, 0) is 12.1 Å². The number of ether oxygens (including phenoxy) is 2. The van der Waals surface area contributed by atoms with Crippen molar-refractivity contribution in [2.75, 3.05) is 38.0 Å². The molecular weight excluding hydrogens is 324 g/mol. The second-order valence-electron chi connectivity index (χ2n) is 5.24. The van der Waals surface area contributed by atoms with Gasteiger partial charge in [0.15, 0.2) is 5.65 Å². The summed E-state index contributed by atoms with van der Waals surface area (Å²) in [6.45, 7) is 0.376. The number of methoxy groups -OCH3 is 2. The Morgan fingerprint density at radius 3 is 2.76 bits per heavy atom. The molecule has 0 aliphatic carbocycles. The van der Waals surface area contributed by atoms with Crippen LogP contribution in [0.4, 0.5) is 17.5 Å². The topological polar surface area (TPSA) is 106 Å². The fraction of sp³-hybridized carbons (Fsp3) is 0.312. The van der Waals surface area contributed by atoms with Crippen LogP contribution < -0.4 is 20.1 Å². The minimum atomic E-state index is -0.00176. The zero-order chi connectivity index (χ0) is 17.8. The maximum Gasteiger partial charge on any atom is 0.231 e. The molecule has 2 heterocycles. The van der Waals surface area contributed by atoms with E-state index in [0.717, 1.165) is 5.39 Å². The number of benzene rings is 1. The summed E-state index contributed by atoms with van der Waals surface area (Å²) >= 11 is 0. The first-order valence-corrected chi connectivity index (χ1v) is 7.69. The van der Waals surface area contributed by atoms with Crippen LogP contribution in [-0.2, 0) is 7.05 Å². The van der Waals surface area contributed by atoms with E-state index in [9.17, 15) is 0 Å². The number of hydrogen-bond donors (Lipinski definition) is 3. The van der Waals surface area contributed by atoms with Gasteiger partial charge in [-0.25, -0.2) is 0 Å². The molecule has 0 amide bonds. The average molecular weight is 344 g/mol. The Kier molecular flexibility index (Phi) is 4.85. The molecule has 0 saturated heterocycles. The molecule has 0 aliphatic rings. The molecule has 9 heteroatoms. The summed E-state index contributed by atoms with van der Waals surface area (Å²) in [5, 5.41) is 20.3. The number of aromatic nitrogens is 4. The van der Waals surface area contributed by atoms with E-state index in [1.54, 1.807) is 44.3 Å². The van der Waals surface area contributed by atoms with Gasteiger partial charge in [0.25, 0.3) is 0 Å². The standard InChI is InChI=1S/C16H20N6O3/c1-22-15-11(9-18-22)14(17-6-7-23)20-16(21-15)19-12-8-10(24-2)4-5-13(12)25-3/h4-5,8-9,23H,6-7H2,1-3H3,(H2,17,19,20,21). The predicted octanol–water partition coefficient (Wildman–Crippen LogP) is 1.53. The summed E-state index contributed by atoms with van der Waals surface area (Å²) in [7, 11) is 4.99. The lowest BCUT2D eigenvalue weighted by Gasteiger charge is -2.13. The van der Waals surface area contributed by atoms with Gasteiger partial charge in [0, 0.05) is 19.7 Å². The smallest absolute Gasteiger partial charge is 0.231 e. The molecule has 0 radical (unpaired) electrons. The molecule has 3 rings (SSSR count). The molecule has 0 aliphatic heterocycles. The third-order valence-corrected chi connectivity index (χ3v) is 3.65. The van der Waals surface area contributed by atoms with Gasteiger partial charge in [-0.1, -0.05) is 0 Å². The number of anilines is 3. The van der Waals surface area contributed by atoms with Crippen molar-refractivity contribution in [3.8, 4) is 11.5 Å². The lowest BCUT2D eigenvalue weighted by molar-refractivity contribution is 0.311. The van der Waals surface area contributed by atoms with Crippen molar-refractivity contribution < 1.29 is 14.6 Å². The Morgan fingerprint density at radius 1 is 1.20 bits per heavy atom. The minimum absolute atomic E-state index is 0.00176. The summed E-state index contributed by atoms with van der Waals surface area (Å²) in [6, 6.07) is 5.41. The summed E-state index contributed by atoms with van der Waals surface area (Å²) in [4.78, 5) is 8.99. The minimum Gasteiger partial charge on any atom is -0.497 e. The van der Waals surface area contributed by atoms with Crippen LogP contribution in [-0.4, -0.2) is 52.2 Å². The Balaban J connectivity index is 2.02. The van der Waals surface area contributed by atoms with E-state index < -0.39 is 0 Å². The highest BCUT2D eigenvalue weighted by Crippen LogP contribution is 2.31. The van der Waals surface area contributed by atoms with Crippen LogP contribution in [0, 0.1) is 0 Å². The summed E-state index contributed by atoms with van der Waals surface area (Å²) < 4.78 is 12.3. The molecule has 0 atom stereocenters. The van der Waals surface area contributed by atoms with Gasteiger partial charge >= 0.3 is 0 Å². The van der Waals surface area contributed by atoms with Gasteiger partial charge in [0.05, 0.1) is 38.1 Å². The lowest BCUT2D eigenvalue weighted by Crippen LogP contribution is -2.09. The summed E-state index contributed by atoms with van der Waals surface area (Å²) in [5.74, 6) is 2.29. The molecule has 25 heavy (non-hydrogen) atoms. The van der Waals surface area contributed by atoms with E-state index in [4.69, 9.17) is 14.6 Å². The van der Waals surface area contributed by atoms with Gasteiger partial charge in [0.1, 0.15) is 17.3 Å². The van der Waals surface area contributed by atoms with E-state index in [-0.39, 0.29) is 6.61 Å². The van der Waals surface area contributed by atoms with E-state index >= 15 is 0 Å². The number of aliphatic hydroxyl groups excluding tert-OH is 1. The van der Waals surface area contributed by atoms with Crippen LogP contribution in [0.25, 0.3) is 11.0 Å². The molecule has 0 fully saturated rings. The van der Waals surface area contributed by atoms with Gasteiger partial charge < -0.3 is 25.2 Å². The molecule has 2 aromatic heterocycles. The Hall–Kier alpha value is -3.07. The average Bonchev–Trinajstić information content (AvgIpc) is 3.01. The fourth-order valence-corrected chi connectivity index (χ4v) is 2.42. The molecule has 132 valence electrons. The van der Waals surface area contributed by atoms with Gasteiger partial charge in [-0.3, -0.25) is 4.68 Å². The number of nitrogens with one attached hydrogen (secondary N) is 2. The maximum atomic E-state index is 9.06. The van der Waals surface area contributed by atoms with Crippen LogP contribution in [0.5, 0.6) is 11.5 Å². The Labute approximate surface area is 144 Å². The quantitative estimate of drug-likeness (QED) is 0.592. The molecular formula is C16H20N6O3. The third kappa shape index (κ3) is 3.41. The maximum absolute atomic E-state index is 9.06. The van der Waals surface area contributed by atoms with Crippen molar-refractivity contribution in [3.63, 3.8) is 0 Å². The molecule has 3 aromatic rings. The largest absolute Gasteiger partial charge is 0.497 e. The van der Waals surface area contributed by atoms with Crippen LogP contribution in [0.1, 0.15) is 0 Å². The second-order valence-corrected chi connectivity index (χ2v) is 5.24. The molecule has 0 unspecified atom stereocenters. The normalized spacial score (nSPS) is 10.7. The van der Waals surface area contributed by atoms with Crippen LogP contribution in [0.2, 0.25) is 0 Å². The highest BCUT2D eigenvalue weighted by molar-refractivity contribution is 5.88. The van der Waals surface area contributed by atoms with Crippen molar-refractivity contribution >= 4 is 28.5 Å². The van der Waals surface area contributed by atoms with E-state index in [2.05, 4.69) is 25.7 Å². The van der Waals surface area contributed by atoms with E-state index in [0.29, 0.717) is 41.1 Å². The molecule has 0 bridgehead atoms. The number of fused-ring (bicyclic) bond motifs is 1. The number of nitrogens with zero attached hydrogens (tertiary/aromatic N) is 4. The van der Waals surface area contributed by atoms with E-state index in [1.807, 2.05) is 6.07 Å². The van der Waals surface area contributed by atoms with Crippen molar-refractivity contribution in [1.82, 2.24) is 19.7 Å². The first kappa shape index (κ1) is 16.8. The van der Waals surface area contributed by atoms with Crippen molar-refractivity contribution in [2.45, 2.75) is 0 Å².